The summed E-state index contributed by atoms with van der Waals surface area (Å²) in [4.78, 5) is 14.5. The molecule has 0 atom stereocenters. The van der Waals surface area contributed by atoms with Crippen LogP contribution in [0.4, 0.5) is 0 Å². The fourth-order valence-corrected chi connectivity index (χ4v) is 2.08. The van der Waals surface area contributed by atoms with Gasteiger partial charge in [-0.1, -0.05) is 45.1 Å². The molecule has 0 aliphatic rings. The summed E-state index contributed by atoms with van der Waals surface area (Å²) in [6.45, 7) is 15.3. The molecule has 0 aliphatic heterocycles. The van der Waals surface area contributed by atoms with Crippen molar-refractivity contribution in [2.24, 2.45) is 0 Å². The van der Waals surface area contributed by atoms with E-state index in [0.717, 1.165) is 19.4 Å². The second-order valence-electron chi connectivity index (χ2n) is 6.00. The Morgan fingerprint density at radius 2 is 1.60 bits per heavy atom. The van der Waals surface area contributed by atoms with Crippen LogP contribution in [0.25, 0.3) is 4.85 Å². The monoisotopic (exact) mass is 278 g/mol. The molecule has 114 valence electrons. The number of carbonyl (C=O) groups is 1. The zero-order valence-electron chi connectivity index (χ0n) is 13.2. The van der Waals surface area contributed by atoms with E-state index >= 15 is 0 Å². The van der Waals surface area contributed by atoms with Crippen LogP contribution in [0.3, 0.4) is 0 Å². The fourth-order valence-electron chi connectivity index (χ4n) is 2.08. The summed E-state index contributed by atoms with van der Waals surface area (Å²) in [5, 5.41) is 2.79. The third-order valence-corrected chi connectivity index (χ3v) is 3.50. The normalized spacial score (nSPS) is 10.8. The minimum absolute atomic E-state index is 0.0765. The molecule has 0 rings (SSSR count). The van der Waals surface area contributed by atoms with Crippen molar-refractivity contribution < 1.29 is 4.79 Å². The Balaban J connectivity index is 3.20. The number of carbonyl (C=O) groups excluding carboxylic acids is 1. The number of unbranched alkanes of at least 4 members (excludes halogenated alkanes) is 7. The highest BCUT2D eigenvalue weighted by atomic mass is 16.1. The van der Waals surface area contributed by atoms with Gasteiger partial charge >= 0.3 is 0 Å². The average Bonchev–Trinajstić information content (AvgIpc) is 2.44. The minimum Gasteiger partial charge on any atom is -0.353 e. The molecule has 0 saturated carbocycles. The lowest BCUT2D eigenvalue weighted by Crippen LogP contribution is -2.21. The molecular formula is C17H30N2O. The van der Waals surface area contributed by atoms with Crippen molar-refractivity contribution in [3.8, 4) is 0 Å². The Morgan fingerprint density at radius 3 is 2.10 bits per heavy atom. The summed E-state index contributed by atoms with van der Waals surface area (Å²) >= 11 is 0. The predicted molar refractivity (Wildman–Crippen MR) is 85.4 cm³/mol. The highest BCUT2D eigenvalue weighted by Gasteiger charge is 2.21. The van der Waals surface area contributed by atoms with Crippen LogP contribution >= 0.6 is 0 Å². The first-order valence-electron chi connectivity index (χ1n) is 7.81. The van der Waals surface area contributed by atoms with E-state index in [2.05, 4.69) is 16.7 Å². The number of rotatable bonds is 12. The number of nitrogens with one attached hydrogen (secondary N) is 1. The van der Waals surface area contributed by atoms with E-state index in [1.807, 2.05) is 13.8 Å². The third-order valence-electron chi connectivity index (χ3n) is 3.50. The molecular weight excluding hydrogens is 248 g/mol. The zero-order valence-corrected chi connectivity index (χ0v) is 13.2. The summed E-state index contributed by atoms with van der Waals surface area (Å²) < 4.78 is 0. The lowest BCUT2D eigenvalue weighted by atomic mass is 9.97. The molecule has 0 aromatic carbocycles. The lowest BCUT2D eigenvalue weighted by molar-refractivity contribution is -0.116. The van der Waals surface area contributed by atoms with Gasteiger partial charge in [0.05, 0.1) is 0 Å². The van der Waals surface area contributed by atoms with E-state index in [9.17, 15) is 4.79 Å². The van der Waals surface area contributed by atoms with E-state index in [1.165, 1.54) is 51.0 Å². The van der Waals surface area contributed by atoms with Gasteiger partial charge in [0.25, 0.3) is 0 Å². The molecule has 0 radical (unpaired) electrons. The van der Waals surface area contributed by atoms with Gasteiger partial charge in [-0.05, 0) is 18.9 Å². The zero-order chi connectivity index (χ0) is 15.3. The van der Waals surface area contributed by atoms with Crippen LogP contribution < -0.4 is 5.32 Å². The van der Waals surface area contributed by atoms with Gasteiger partial charge in [0, 0.05) is 26.8 Å². The largest absolute Gasteiger partial charge is 0.353 e. The second kappa shape index (κ2) is 11.5. The van der Waals surface area contributed by atoms with Gasteiger partial charge in [-0.3, -0.25) is 4.79 Å². The first kappa shape index (κ1) is 18.7. The van der Waals surface area contributed by atoms with Crippen LogP contribution in [0.15, 0.2) is 12.7 Å². The molecule has 0 aromatic rings. The predicted octanol–water partition coefficient (Wildman–Crippen LogP) is 4.50. The molecule has 3 heteroatoms. The Kier molecular flexibility index (Phi) is 10.8. The first-order valence-corrected chi connectivity index (χ1v) is 7.81. The van der Waals surface area contributed by atoms with Crippen LogP contribution in [0.5, 0.6) is 0 Å². The quantitative estimate of drug-likeness (QED) is 0.318. The van der Waals surface area contributed by atoms with Gasteiger partial charge in [0.2, 0.25) is 11.4 Å². The van der Waals surface area contributed by atoms with Crippen molar-refractivity contribution in [1.82, 2.24) is 5.32 Å². The van der Waals surface area contributed by atoms with Gasteiger partial charge < -0.3 is 10.2 Å². The molecule has 0 aromatic heterocycles. The fraction of sp³-hybridized carbons (Fsp3) is 0.765. The summed E-state index contributed by atoms with van der Waals surface area (Å²) in [7, 11) is 0. The van der Waals surface area contributed by atoms with Gasteiger partial charge in [-0.15, -0.1) is 0 Å². The van der Waals surface area contributed by atoms with Gasteiger partial charge in [-0.2, -0.15) is 0 Å². The molecule has 20 heavy (non-hydrogen) atoms. The maximum atomic E-state index is 10.9. The number of hydrogen-bond acceptors (Lipinski definition) is 1. The van der Waals surface area contributed by atoms with Crippen molar-refractivity contribution in [1.29, 1.82) is 0 Å². The molecule has 0 saturated heterocycles. The van der Waals surface area contributed by atoms with Crippen molar-refractivity contribution in [2.45, 2.75) is 77.2 Å². The standard InChI is InChI=1S/C17H30N2O/c1-5-16(20)19-15-13-11-9-7-6-8-10-12-14-17(2,3)18-4/h5H,1,6-15H2,2-3H3,(H,19,20). The highest BCUT2D eigenvalue weighted by molar-refractivity contribution is 5.86. The van der Waals surface area contributed by atoms with E-state index in [4.69, 9.17) is 6.57 Å². The summed E-state index contributed by atoms with van der Waals surface area (Å²) in [6.07, 6.45) is 12.1. The van der Waals surface area contributed by atoms with E-state index in [-0.39, 0.29) is 11.4 Å². The summed E-state index contributed by atoms with van der Waals surface area (Å²) in [5.41, 5.74) is -0.171. The average molecular weight is 278 g/mol. The Labute approximate surface area is 124 Å². The van der Waals surface area contributed by atoms with E-state index < -0.39 is 0 Å². The second-order valence-corrected chi connectivity index (χ2v) is 6.00. The van der Waals surface area contributed by atoms with E-state index in [1.54, 1.807) is 0 Å². The van der Waals surface area contributed by atoms with Crippen molar-refractivity contribution in [3.05, 3.63) is 24.1 Å². The highest BCUT2D eigenvalue weighted by Crippen LogP contribution is 2.19. The molecule has 0 fully saturated rings. The van der Waals surface area contributed by atoms with Gasteiger partial charge in [-0.25, -0.2) is 6.57 Å². The van der Waals surface area contributed by atoms with Crippen LogP contribution in [0, 0.1) is 6.57 Å². The summed E-state index contributed by atoms with van der Waals surface area (Å²) in [6, 6.07) is 0. The van der Waals surface area contributed by atoms with E-state index in [0.29, 0.717) is 0 Å². The Morgan fingerprint density at radius 1 is 1.10 bits per heavy atom. The molecule has 0 spiro atoms. The number of nitrogens with zero attached hydrogens (tertiary/aromatic N) is 1. The van der Waals surface area contributed by atoms with Crippen molar-refractivity contribution in [2.75, 3.05) is 6.54 Å². The minimum atomic E-state index is -0.171. The molecule has 0 heterocycles. The summed E-state index contributed by atoms with van der Waals surface area (Å²) in [5.74, 6) is -0.0765. The molecule has 0 aliphatic carbocycles. The topological polar surface area (TPSA) is 33.5 Å². The molecule has 1 amide bonds. The lowest BCUT2D eigenvalue weighted by Gasteiger charge is -2.10. The Bertz CT molecular complexity index is 315. The van der Waals surface area contributed by atoms with Crippen molar-refractivity contribution >= 4 is 5.91 Å². The van der Waals surface area contributed by atoms with Crippen LogP contribution in [-0.4, -0.2) is 18.0 Å². The molecule has 3 nitrogen and oxygen atoms in total. The number of amides is 1. The van der Waals surface area contributed by atoms with Crippen molar-refractivity contribution in [3.63, 3.8) is 0 Å². The SMILES string of the molecule is [C-]#[N+]C(C)(C)CCCCCCCCCCNC(=O)C=C. The first-order chi connectivity index (χ1) is 9.52. The van der Waals surface area contributed by atoms with Gasteiger partial charge in [0.1, 0.15) is 0 Å². The maximum Gasteiger partial charge on any atom is 0.243 e. The molecule has 1 N–H and O–H groups in total. The van der Waals surface area contributed by atoms with Crippen LogP contribution in [0.2, 0.25) is 0 Å². The van der Waals surface area contributed by atoms with Crippen LogP contribution in [0.1, 0.15) is 71.6 Å². The Hall–Kier alpha value is -1.30. The smallest absolute Gasteiger partial charge is 0.243 e. The maximum absolute atomic E-state index is 10.9. The van der Waals surface area contributed by atoms with Gasteiger partial charge in [0.15, 0.2) is 0 Å². The molecule has 0 bridgehead atoms. The van der Waals surface area contributed by atoms with Crippen LogP contribution in [-0.2, 0) is 4.79 Å². The molecule has 0 unspecified atom stereocenters. The number of hydrogen-bond donors (Lipinski definition) is 1. The third kappa shape index (κ3) is 11.8.